The van der Waals surface area contributed by atoms with Gasteiger partial charge in [0.1, 0.15) is 0 Å². The van der Waals surface area contributed by atoms with E-state index in [4.69, 9.17) is 10.8 Å². The van der Waals surface area contributed by atoms with Gasteiger partial charge in [0.25, 0.3) is 0 Å². The minimum Gasteiger partial charge on any atom is -0.460 e. The van der Waals surface area contributed by atoms with Crippen LogP contribution in [0, 0.1) is 0 Å². The Bertz CT molecular complexity index is 100. The molecule has 0 aromatic heterocycles. The Morgan fingerprint density at radius 1 is 1.67 bits per heavy atom. The Morgan fingerprint density at radius 2 is 2.11 bits per heavy atom. The van der Waals surface area contributed by atoms with Crippen LogP contribution in [0.25, 0.3) is 0 Å². The Kier molecular flexibility index (Phi) is 3.19. The van der Waals surface area contributed by atoms with Crippen LogP contribution in [-0.4, -0.2) is 23.4 Å². The molecule has 0 saturated carbocycles. The normalized spacial score (nSPS) is 13.4. The maximum Gasteiger partial charge on any atom is 0.350 e. The minimum absolute atomic E-state index is 0.226. The fourth-order valence-corrected chi connectivity index (χ4v) is 0.302. The van der Waals surface area contributed by atoms with E-state index in [1.54, 1.807) is 13.8 Å². The topological polar surface area (TPSA) is 72.5 Å². The Balaban J connectivity index is 3.51. The number of carbonyl (C=O) groups excluding carboxylic acids is 1. The van der Waals surface area contributed by atoms with Crippen LogP contribution in [0.4, 0.5) is 0 Å². The lowest BCUT2D eigenvalue weighted by Gasteiger charge is -2.08. The zero-order chi connectivity index (χ0) is 7.44. The van der Waals surface area contributed by atoms with Crippen molar-refractivity contribution in [3.8, 4) is 0 Å². The summed E-state index contributed by atoms with van der Waals surface area (Å²) in [6.45, 7) is 3.36. The van der Waals surface area contributed by atoms with E-state index in [1.807, 2.05) is 0 Å². The van der Waals surface area contributed by atoms with E-state index in [9.17, 15) is 4.79 Å². The maximum absolute atomic E-state index is 10.4. The fourth-order valence-electron chi connectivity index (χ4n) is 0.302. The highest BCUT2D eigenvalue weighted by molar-refractivity contribution is 5.73. The summed E-state index contributed by atoms with van der Waals surface area (Å²) in [5.74, 6) is -0.787. The van der Waals surface area contributed by atoms with Crippen molar-refractivity contribution < 1.29 is 14.6 Å². The molecule has 9 heavy (non-hydrogen) atoms. The summed E-state index contributed by atoms with van der Waals surface area (Å²) < 4.78 is 4.50. The molecule has 0 bridgehead atoms. The van der Waals surface area contributed by atoms with Gasteiger partial charge in [-0.3, -0.25) is 5.73 Å². The van der Waals surface area contributed by atoms with Crippen LogP contribution in [0.2, 0.25) is 0 Å². The van der Waals surface area contributed by atoms with Crippen molar-refractivity contribution in [2.24, 2.45) is 5.73 Å². The third-order valence-electron chi connectivity index (χ3n) is 0.593. The number of rotatable bonds is 2. The number of aliphatic hydroxyl groups is 1. The Morgan fingerprint density at radius 3 is 2.22 bits per heavy atom. The number of nitrogens with two attached hydrogens (primary N) is 1. The van der Waals surface area contributed by atoms with Gasteiger partial charge in [0.05, 0.1) is 6.10 Å². The van der Waals surface area contributed by atoms with E-state index >= 15 is 0 Å². The molecule has 0 saturated heterocycles. The van der Waals surface area contributed by atoms with Crippen LogP contribution < -0.4 is 5.73 Å². The number of esters is 1. The van der Waals surface area contributed by atoms with E-state index in [0.717, 1.165) is 0 Å². The minimum atomic E-state index is -1.51. The average Bonchev–Trinajstić information content (AvgIpc) is 1.63. The summed E-state index contributed by atoms with van der Waals surface area (Å²) >= 11 is 0. The highest BCUT2D eigenvalue weighted by Gasteiger charge is 2.11. The zero-order valence-electron chi connectivity index (χ0n) is 5.50. The summed E-state index contributed by atoms with van der Waals surface area (Å²) in [4.78, 5) is 10.4. The summed E-state index contributed by atoms with van der Waals surface area (Å²) in [7, 11) is 0. The maximum atomic E-state index is 10.4. The molecule has 0 aliphatic rings. The van der Waals surface area contributed by atoms with Gasteiger partial charge in [-0.25, -0.2) is 4.79 Å². The van der Waals surface area contributed by atoms with Gasteiger partial charge in [0, 0.05) is 0 Å². The van der Waals surface area contributed by atoms with Crippen molar-refractivity contribution in [2.75, 3.05) is 0 Å². The van der Waals surface area contributed by atoms with Gasteiger partial charge in [-0.2, -0.15) is 0 Å². The number of hydrogen-bond acceptors (Lipinski definition) is 4. The van der Waals surface area contributed by atoms with Gasteiger partial charge in [0.2, 0.25) is 6.23 Å². The monoisotopic (exact) mass is 133 g/mol. The van der Waals surface area contributed by atoms with Crippen molar-refractivity contribution in [3.05, 3.63) is 0 Å². The van der Waals surface area contributed by atoms with Gasteiger partial charge in [-0.15, -0.1) is 0 Å². The van der Waals surface area contributed by atoms with Crippen LogP contribution in [0.5, 0.6) is 0 Å². The second kappa shape index (κ2) is 3.42. The zero-order valence-corrected chi connectivity index (χ0v) is 5.50. The predicted octanol–water partition coefficient (Wildman–Crippen LogP) is -0.785. The number of ether oxygens (including phenoxy) is 1. The first-order valence-electron chi connectivity index (χ1n) is 2.68. The molecular weight excluding hydrogens is 122 g/mol. The first-order chi connectivity index (χ1) is 4.04. The van der Waals surface area contributed by atoms with E-state index in [-0.39, 0.29) is 6.10 Å². The molecule has 0 radical (unpaired) electrons. The first kappa shape index (κ1) is 8.39. The van der Waals surface area contributed by atoms with E-state index in [0.29, 0.717) is 0 Å². The molecule has 1 atom stereocenters. The van der Waals surface area contributed by atoms with E-state index in [1.165, 1.54) is 0 Å². The summed E-state index contributed by atoms with van der Waals surface area (Å²) in [6, 6.07) is 0. The molecule has 0 amide bonds. The van der Waals surface area contributed by atoms with Crippen molar-refractivity contribution >= 4 is 5.97 Å². The molecule has 4 nitrogen and oxygen atoms in total. The largest absolute Gasteiger partial charge is 0.460 e. The first-order valence-corrected chi connectivity index (χ1v) is 2.68. The van der Waals surface area contributed by atoms with Gasteiger partial charge >= 0.3 is 5.97 Å². The number of hydrogen-bond donors (Lipinski definition) is 2. The lowest BCUT2D eigenvalue weighted by Crippen LogP contribution is -2.33. The van der Waals surface area contributed by atoms with Gasteiger partial charge in [0.15, 0.2) is 0 Å². The van der Waals surface area contributed by atoms with E-state index in [2.05, 4.69) is 4.74 Å². The lowest BCUT2D eigenvalue weighted by atomic mass is 10.5. The molecule has 0 aliphatic heterocycles. The third-order valence-corrected chi connectivity index (χ3v) is 0.593. The predicted molar refractivity (Wildman–Crippen MR) is 31.4 cm³/mol. The van der Waals surface area contributed by atoms with Crippen LogP contribution in [0.1, 0.15) is 13.8 Å². The smallest absolute Gasteiger partial charge is 0.350 e. The number of aliphatic hydroxyl groups excluding tert-OH is 1. The molecule has 54 valence electrons. The Hall–Kier alpha value is -0.610. The molecule has 0 aromatic rings. The van der Waals surface area contributed by atoms with Crippen LogP contribution >= 0.6 is 0 Å². The fraction of sp³-hybridized carbons (Fsp3) is 0.800. The molecule has 0 aliphatic carbocycles. The number of carbonyl (C=O) groups is 1. The van der Waals surface area contributed by atoms with Crippen LogP contribution in [-0.2, 0) is 9.53 Å². The van der Waals surface area contributed by atoms with Crippen LogP contribution in [0.3, 0.4) is 0 Å². The standard InChI is InChI=1S/C5H11NO3/c1-3(2)9-5(8)4(6)7/h3-4,7H,6H2,1-2H3. The highest BCUT2D eigenvalue weighted by Crippen LogP contribution is 1.89. The Labute approximate surface area is 53.6 Å². The molecule has 0 rings (SSSR count). The molecule has 0 heterocycles. The van der Waals surface area contributed by atoms with Crippen molar-refractivity contribution in [3.63, 3.8) is 0 Å². The third kappa shape index (κ3) is 3.93. The average molecular weight is 133 g/mol. The van der Waals surface area contributed by atoms with Gasteiger partial charge < -0.3 is 9.84 Å². The molecular formula is C5H11NO3. The van der Waals surface area contributed by atoms with Crippen molar-refractivity contribution in [2.45, 2.75) is 26.2 Å². The summed E-state index contributed by atoms with van der Waals surface area (Å²) in [5.41, 5.74) is 4.77. The SMILES string of the molecule is CC(C)OC(=O)C(N)O. The van der Waals surface area contributed by atoms with Crippen molar-refractivity contribution in [1.29, 1.82) is 0 Å². The van der Waals surface area contributed by atoms with Gasteiger partial charge in [-0.1, -0.05) is 0 Å². The van der Waals surface area contributed by atoms with E-state index < -0.39 is 12.2 Å². The van der Waals surface area contributed by atoms with Gasteiger partial charge in [-0.05, 0) is 13.8 Å². The molecule has 4 heteroatoms. The highest BCUT2D eigenvalue weighted by atomic mass is 16.6. The quantitative estimate of drug-likeness (QED) is 0.382. The second-order valence-electron chi connectivity index (χ2n) is 1.93. The molecule has 0 aromatic carbocycles. The molecule has 1 unspecified atom stereocenters. The summed E-state index contributed by atoms with van der Waals surface area (Å²) in [6.07, 6.45) is -1.73. The second-order valence-corrected chi connectivity index (χ2v) is 1.93. The molecule has 0 fully saturated rings. The van der Waals surface area contributed by atoms with Crippen LogP contribution in [0.15, 0.2) is 0 Å². The summed E-state index contributed by atoms with van der Waals surface area (Å²) in [5, 5.41) is 8.37. The van der Waals surface area contributed by atoms with Crippen molar-refractivity contribution in [1.82, 2.24) is 0 Å². The molecule has 3 N–H and O–H groups in total. The lowest BCUT2D eigenvalue weighted by molar-refractivity contribution is -0.157. The molecule has 0 spiro atoms.